The molecule has 0 saturated carbocycles. The summed E-state index contributed by atoms with van der Waals surface area (Å²) in [7, 11) is -3.44. The van der Waals surface area contributed by atoms with Gasteiger partial charge in [-0.15, -0.1) is 5.10 Å². The van der Waals surface area contributed by atoms with Gasteiger partial charge in [0, 0.05) is 12.5 Å². The molecular weight excluding hydrogens is 366 g/mol. The number of hydrogen-bond acceptors (Lipinski definition) is 6. The molecule has 27 heavy (non-hydrogen) atoms. The van der Waals surface area contributed by atoms with E-state index >= 15 is 0 Å². The summed E-state index contributed by atoms with van der Waals surface area (Å²) in [5.41, 5.74) is 0.880. The topological polar surface area (TPSA) is 102 Å². The van der Waals surface area contributed by atoms with Crippen molar-refractivity contribution in [3.05, 3.63) is 78.2 Å². The number of rotatable bonds is 7. The van der Waals surface area contributed by atoms with Crippen LogP contribution < -0.4 is 5.32 Å². The summed E-state index contributed by atoms with van der Waals surface area (Å²) in [6.07, 6.45) is 3.05. The summed E-state index contributed by atoms with van der Waals surface area (Å²) in [6.45, 7) is 0. The zero-order chi connectivity index (χ0) is 19.1. The molecule has 0 bridgehead atoms. The van der Waals surface area contributed by atoms with E-state index in [-0.39, 0.29) is 29.0 Å². The SMILES string of the molecule is O=C(C=Cc1ccccc1)Nc1nnc(CCS(=O)(=O)c2ccccc2)o1. The van der Waals surface area contributed by atoms with E-state index in [2.05, 4.69) is 15.5 Å². The van der Waals surface area contributed by atoms with Gasteiger partial charge in [0.1, 0.15) is 0 Å². The maximum Gasteiger partial charge on any atom is 0.322 e. The fourth-order valence-electron chi connectivity index (χ4n) is 2.26. The van der Waals surface area contributed by atoms with Crippen molar-refractivity contribution in [1.82, 2.24) is 10.2 Å². The molecule has 0 spiro atoms. The maximum atomic E-state index is 12.2. The first kappa shape index (κ1) is 18.5. The lowest BCUT2D eigenvalue weighted by molar-refractivity contribution is -0.112. The highest BCUT2D eigenvalue weighted by atomic mass is 32.2. The van der Waals surface area contributed by atoms with Crippen molar-refractivity contribution in [2.45, 2.75) is 11.3 Å². The smallest absolute Gasteiger partial charge is 0.322 e. The summed E-state index contributed by atoms with van der Waals surface area (Å²) in [5.74, 6) is -0.455. The Morgan fingerprint density at radius 3 is 2.37 bits per heavy atom. The molecule has 0 unspecified atom stereocenters. The molecule has 0 atom stereocenters. The largest absolute Gasteiger partial charge is 0.408 e. The van der Waals surface area contributed by atoms with Crippen LogP contribution in [0.3, 0.4) is 0 Å². The van der Waals surface area contributed by atoms with Gasteiger partial charge in [0.25, 0.3) is 5.91 Å². The Morgan fingerprint density at radius 2 is 1.67 bits per heavy atom. The highest BCUT2D eigenvalue weighted by Gasteiger charge is 2.16. The monoisotopic (exact) mass is 383 g/mol. The van der Waals surface area contributed by atoms with Gasteiger partial charge in [-0.1, -0.05) is 53.6 Å². The van der Waals surface area contributed by atoms with E-state index in [1.165, 1.54) is 18.2 Å². The normalized spacial score (nSPS) is 11.6. The second-order valence-corrected chi connectivity index (χ2v) is 7.73. The van der Waals surface area contributed by atoms with E-state index in [0.29, 0.717) is 0 Å². The standard InChI is InChI=1S/C19H17N3O4S/c23-17(12-11-15-7-3-1-4-8-15)20-19-22-21-18(26-19)13-14-27(24,25)16-9-5-2-6-10-16/h1-12H,13-14H2,(H,20,22,23). The number of aromatic nitrogens is 2. The van der Waals surface area contributed by atoms with Crippen molar-refractivity contribution in [2.75, 3.05) is 11.1 Å². The van der Waals surface area contributed by atoms with Gasteiger partial charge in [-0.05, 0) is 23.8 Å². The Labute approximate surface area is 156 Å². The van der Waals surface area contributed by atoms with Crippen molar-refractivity contribution in [1.29, 1.82) is 0 Å². The number of carbonyl (C=O) groups excluding carboxylic acids is 1. The third-order valence-corrected chi connectivity index (χ3v) is 5.34. The average molecular weight is 383 g/mol. The number of hydrogen-bond donors (Lipinski definition) is 1. The van der Waals surface area contributed by atoms with Crippen LogP contribution in [0, 0.1) is 0 Å². The molecule has 138 valence electrons. The van der Waals surface area contributed by atoms with Gasteiger partial charge in [0.15, 0.2) is 9.84 Å². The van der Waals surface area contributed by atoms with Gasteiger partial charge in [0.2, 0.25) is 5.89 Å². The van der Waals surface area contributed by atoms with E-state index in [1.54, 1.807) is 24.3 Å². The van der Waals surface area contributed by atoms with E-state index in [1.807, 2.05) is 30.3 Å². The molecule has 1 N–H and O–H groups in total. The number of aryl methyl sites for hydroxylation is 1. The molecular formula is C19H17N3O4S. The second kappa shape index (κ2) is 8.41. The van der Waals surface area contributed by atoms with E-state index in [0.717, 1.165) is 5.56 Å². The van der Waals surface area contributed by atoms with Crippen LogP contribution in [-0.4, -0.2) is 30.3 Å². The fraction of sp³-hybridized carbons (Fsp3) is 0.105. The first-order valence-corrected chi connectivity index (χ1v) is 9.82. The zero-order valence-corrected chi connectivity index (χ0v) is 15.1. The quantitative estimate of drug-likeness (QED) is 0.630. The van der Waals surface area contributed by atoms with Crippen molar-refractivity contribution in [2.24, 2.45) is 0 Å². The van der Waals surface area contributed by atoms with Crippen molar-refractivity contribution < 1.29 is 17.6 Å². The molecule has 1 amide bonds. The number of nitrogens with one attached hydrogen (secondary N) is 1. The molecule has 0 saturated heterocycles. The molecule has 0 aliphatic rings. The second-order valence-electron chi connectivity index (χ2n) is 5.62. The Kier molecular flexibility index (Phi) is 5.77. The molecule has 0 fully saturated rings. The highest BCUT2D eigenvalue weighted by Crippen LogP contribution is 2.13. The van der Waals surface area contributed by atoms with Crippen LogP contribution in [0.15, 0.2) is 76.1 Å². The zero-order valence-electron chi connectivity index (χ0n) is 14.3. The minimum atomic E-state index is -3.44. The molecule has 0 radical (unpaired) electrons. The molecule has 3 aromatic rings. The summed E-state index contributed by atoms with van der Waals surface area (Å²) in [4.78, 5) is 12.1. The summed E-state index contributed by atoms with van der Waals surface area (Å²) >= 11 is 0. The van der Waals surface area contributed by atoms with Crippen LogP contribution in [0.2, 0.25) is 0 Å². The predicted molar refractivity (Wildman–Crippen MR) is 101 cm³/mol. The number of anilines is 1. The van der Waals surface area contributed by atoms with Crippen LogP contribution in [0.25, 0.3) is 6.08 Å². The third kappa shape index (κ3) is 5.35. The van der Waals surface area contributed by atoms with E-state index < -0.39 is 15.7 Å². The first-order valence-electron chi connectivity index (χ1n) is 8.17. The van der Waals surface area contributed by atoms with E-state index in [4.69, 9.17) is 4.42 Å². The molecule has 2 aromatic carbocycles. The Hall–Kier alpha value is -3.26. The Morgan fingerprint density at radius 1 is 1.00 bits per heavy atom. The number of sulfone groups is 1. The third-order valence-electron chi connectivity index (χ3n) is 3.61. The fourth-order valence-corrected chi connectivity index (χ4v) is 3.51. The van der Waals surface area contributed by atoms with Gasteiger partial charge in [-0.25, -0.2) is 8.42 Å². The minimum Gasteiger partial charge on any atom is -0.408 e. The lowest BCUT2D eigenvalue weighted by atomic mass is 10.2. The molecule has 3 rings (SSSR count). The summed E-state index contributed by atoms with van der Waals surface area (Å²) < 4.78 is 29.8. The minimum absolute atomic E-state index is 0.0555. The highest BCUT2D eigenvalue weighted by molar-refractivity contribution is 7.91. The Balaban J connectivity index is 1.55. The van der Waals surface area contributed by atoms with Gasteiger partial charge in [-0.3, -0.25) is 10.1 Å². The van der Waals surface area contributed by atoms with Crippen molar-refractivity contribution >= 4 is 27.8 Å². The van der Waals surface area contributed by atoms with Gasteiger partial charge in [-0.2, -0.15) is 0 Å². The lowest BCUT2D eigenvalue weighted by Crippen LogP contribution is -2.09. The van der Waals surface area contributed by atoms with Crippen LogP contribution in [0.5, 0.6) is 0 Å². The lowest BCUT2D eigenvalue weighted by Gasteiger charge is -2.01. The maximum absolute atomic E-state index is 12.2. The number of nitrogens with zero attached hydrogens (tertiary/aromatic N) is 2. The van der Waals surface area contributed by atoms with Gasteiger partial charge < -0.3 is 4.42 Å². The molecule has 1 aromatic heterocycles. The summed E-state index contributed by atoms with van der Waals surface area (Å²) in [6, 6.07) is 17.4. The van der Waals surface area contributed by atoms with Crippen LogP contribution >= 0.6 is 0 Å². The van der Waals surface area contributed by atoms with Crippen LogP contribution in [-0.2, 0) is 21.1 Å². The van der Waals surface area contributed by atoms with Gasteiger partial charge in [0.05, 0.1) is 10.6 Å². The molecule has 0 aliphatic carbocycles. The number of carbonyl (C=O) groups is 1. The first-order chi connectivity index (χ1) is 13.0. The molecule has 0 aliphatic heterocycles. The van der Waals surface area contributed by atoms with E-state index in [9.17, 15) is 13.2 Å². The summed E-state index contributed by atoms with van der Waals surface area (Å²) in [5, 5.41) is 9.92. The Bertz CT molecular complexity index is 1030. The number of benzene rings is 2. The van der Waals surface area contributed by atoms with Gasteiger partial charge >= 0.3 is 6.01 Å². The molecule has 8 heteroatoms. The van der Waals surface area contributed by atoms with Crippen LogP contribution in [0.1, 0.15) is 11.5 Å². The van der Waals surface area contributed by atoms with Crippen LogP contribution in [0.4, 0.5) is 6.01 Å². The molecule has 7 nitrogen and oxygen atoms in total. The van der Waals surface area contributed by atoms with Crippen molar-refractivity contribution in [3.8, 4) is 0 Å². The number of amides is 1. The molecule has 1 heterocycles. The van der Waals surface area contributed by atoms with Crippen molar-refractivity contribution in [3.63, 3.8) is 0 Å². The average Bonchev–Trinajstić information content (AvgIpc) is 3.14. The predicted octanol–water partition coefficient (Wildman–Crippen LogP) is 2.74.